The lowest BCUT2D eigenvalue weighted by Gasteiger charge is -2.12. The van der Waals surface area contributed by atoms with Crippen LogP contribution in [0.3, 0.4) is 0 Å². The number of methoxy groups -OCH3 is 2. The summed E-state index contributed by atoms with van der Waals surface area (Å²) in [6, 6.07) is 18.0. The largest absolute Gasteiger partial charge is 0.493 e. The van der Waals surface area contributed by atoms with E-state index >= 15 is 0 Å². The summed E-state index contributed by atoms with van der Waals surface area (Å²) in [6.45, 7) is 4.10. The molecule has 0 amide bonds. The van der Waals surface area contributed by atoms with E-state index in [0.717, 1.165) is 53.9 Å². The van der Waals surface area contributed by atoms with Crippen molar-refractivity contribution >= 4 is 5.96 Å². The Hall–Kier alpha value is -3.48. The third-order valence-electron chi connectivity index (χ3n) is 4.56. The average molecular weight is 408 g/mol. The topological polar surface area (TPSA) is 72.7 Å². The molecule has 7 heteroatoms. The standard InChI is InChI=1S/C23H29N5O2/c1-4-24-23(25-14-12-18-10-11-21(29-2)22(16-18)30-3)26-17-19-13-15-28(27-19)20-8-6-5-7-9-20/h5-11,13,15-16H,4,12,14,17H2,1-3H3,(H2,24,25,26). The summed E-state index contributed by atoms with van der Waals surface area (Å²) in [6.07, 6.45) is 2.80. The number of guanidine groups is 1. The highest BCUT2D eigenvalue weighted by molar-refractivity contribution is 5.79. The fourth-order valence-corrected chi connectivity index (χ4v) is 3.03. The van der Waals surface area contributed by atoms with E-state index in [1.165, 1.54) is 0 Å². The number of para-hydroxylation sites is 1. The van der Waals surface area contributed by atoms with Gasteiger partial charge in [-0.05, 0) is 49.2 Å². The molecule has 0 radical (unpaired) electrons. The van der Waals surface area contributed by atoms with Crippen LogP contribution in [0.15, 0.2) is 65.8 Å². The van der Waals surface area contributed by atoms with Crippen molar-refractivity contribution in [3.63, 3.8) is 0 Å². The van der Waals surface area contributed by atoms with Gasteiger partial charge in [-0.1, -0.05) is 24.3 Å². The third-order valence-corrected chi connectivity index (χ3v) is 4.56. The van der Waals surface area contributed by atoms with Gasteiger partial charge in [0.1, 0.15) is 0 Å². The van der Waals surface area contributed by atoms with Crippen LogP contribution >= 0.6 is 0 Å². The van der Waals surface area contributed by atoms with E-state index in [0.29, 0.717) is 6.54 Å². The predicted octanol–water partition coefficient (Wildman–Crippen LogP) is 3.19. The molecular formula is C23H29N5O2. The lowest BCUT2D eigenvalue weighted by molar-refractivity contribution is 0.354. The van der Waals surface area contributed by atoms with Gasteiger partial charge < -0.3 is 20.1 Å². The molecule has 2 aromatic carbocycles. The first-order valence-corrected chi connectivity index (χ1v) is 10.1. The molecule has 0 unspecified atom stereocenters. The van der Waals surface area contributed by atoms with Crippen LogP contribution in [0, 0.1) is 0 Å². The molecule has 0 atom stereocenters. The molecule has 0 aliphatic carbocycles. The number of ether oxygens (including phenoxy) is 2. The quantitative estimate of drug-likeness (QED) is 0.421. The molecule has 0 aliphatic rings. The Morgan fingerprint density at radius 2 is 1.80 bits per heavy atom. The number of hydrogen-bond donors (Lipinski definition) is 2. The van der Waals surface area contributed by atoms with Crippen LogP contribution in [0.5, 0.6) is 11.5 Å². The molecule has 0 aliphatic heterocycles. The number of nitrogens with zero attached hydrogens (tertiary/aromatic N) is 3. The highest BCUT2D eigenvalue weighted by atomic mass is 16.5. The molecule has 30 heavy (non-hydrogen) atoms. The zero-order chi connectivity index (χ0) is 21.2. The second kappa shape index (κ2) is 10.9. The van der Waals surface area contributed by atoms with Gasteiger partial charge in [0.2, 0.25) is 0 Å². The molecule has 1 heterocycles. The van der Waals surface area contributed by atoms with Gasteiger partial charge >= 0.3 is 0 Å². The Morgan fingerprint density at radius 1 is 1.00 bits per heavy atom. The second-order valence-corrected chi connectivity index (χ2v) is 6.65. The Labute approximate surface area is 177 Å². The summed E-state index contributed by atoms with van der Waals surface area (Å²) in [4.78, 5) is 4.66. The van der Waals surface area contributed by atoms with E-state index in [2.05, 4.69) is 27.6 Å². The highest BCUT2D eigenvalue weighted by Crippen LogP contribution is 2.27. The monoisotopic (exact) mass is 407 g/mol. The van der Waals surface area contributed by atoms with Crippen LogP contribution in [-0.4, -0.2) is 43.0 Å². The van der Waals surface area contributed by atoms with Crippen molar-refractivity contribution in [1.82, 2.24) is 20.4 Å². The number of aromatic nitrogens is 2. The molecule has 2 N–H and O–H groups in total. The van der Waals surface area contributed by atoms with Crippen molar-refractivity contribution in [2.24, 2.45) is 4.99 Å². The summed E-state index contributed by atoms with van der Waals surface area (Å²) in [5, 5.41) is 11.3. The minimum Gasteiger partial charge on any atom is -0.493 e. The number of hydrogen-bond acceptors (Lipinski definition) is 4. The van der Waals surface area contributed by atoms with Crippen LogP contribution in [0.1, 0.15) is 18.2 Å². The average Bonchev–Trinajstić information content (AvgIpc) is 3.27. The third kappa shape index (κ3) is 5.76. The maximum atomic E-state index is 5.37. The first kappa shape index (κ1) is 21.2. The molecule has 3 aromatic rings. The molecule has 0 bridgehead atoms. The summed E-state index contributed by atoms with van der Waals surface area (Å²) in [5.74, 6) is 2.25. The van der Waals surface area contributed by atoms with Crippen molar-refractivity contribution in [3.05, 3.63) is 72.1 Å². The fourth-order valence-electron chi connectivity index (χ4n) is 3.03. The second-order valence-electron chi connectivity index (χ2n) is 6.65. The molecule has 3 rings (SSSR count). The zero-order valence-corrected chi connectivity index (χ0v) is 17.8. The van der Waals surface area contributed by atoms with Gasteiger partial charge in [-0.25, -0.2) is 9.67 Å². The van der Waals surface area contributed by atoms with Crippen LogP contribution in [0.25, 0.3) is 5.69 Å². The van der Waals surface area contributed by atoms with E-state index in [9.17, 15) is 0 Å². The SMILES string of the molecule is CCNC(=NCc1ccn(-c2ccccc2)n1)NCCc1ccc(OC)c(OC)c1. The lowest BCUT2D eigenvalue weighted by atomic mass is 10.1. The van der Waals surface area contributed by atoms with Gasteiger partial charge in [0.15, 0.2) is 17.5 Å². The van der Waals surface area contributed by atoms with Crippen molar-refractivity contribution < 1.29 is 9.47 Å². The van der Waals surface area contributed by atoms with E-state index in [1.807, 2.05) is 65.5 Å². The normalized spacial score (nSPS) is 11.2. The zero-order valence-electron chi connectivity index (χ0n) is 17.8. The summed E-state index contributed by atoms with van der Waals surface area (Å²) in [7, 11) is 3.29. The number of benzene rings is 2. The van der Waals surface area contributed by atoms with E-state index in [4.69, 9.17) is 9.47 Å². The summed E-state index contributed by atoms with van der Waals surface area (Å²) < 4.78 is 12.5. The highest BCUT2D eigenvalue weighted by Gasteiger charge is 2.05. The molecule has 0 saturated carbocycles. The van der Waals surface area contributed by atoms with Gasteiger partial charge in [0.05, 0.1) is 32.1 Å². The van der Waals surface area contributed by atoms with E-state index in [1.54, 1.807) is 14.2 Å². The molecule has 0 fully saturated rings. The summed E-state index contributed by atoms with van der Waals surface area (Å²) in [5.41, 5.74) is 3.11. The lowest BCUT2D eigenvalue weighted by Crippen LogP contribution is -2.38. The molecule has 158 valence electrons. The van der Waals surface area contributed by atoms with Crippen LogP contribution in [0.2, 0.25) is 0 Å². The van der Waals surface area contributed by atoms with Crippen LogP contribution < -0.4 is 20.1 Å². The van der Waals surface area contributed by atoms with Crippen LogP contribution in [-0.2, 0) is 13.0 Å². The van der Waals surface area contributed by atoms with Crippen molar-refractivity contribution in [3.8, 4) is 17.2 Å². The minimum atomic E-state index is 0.505. The van der Waals surface area contributed by atoms with Gasteiger partial charge in [-0.15, -0.1) is 0 Å². The predicted molar refractivity (Wildman–Crippen MR) is 120 cm³/mol. The van der Waals surface area contributed by atoms with E-state index in [-0.39, 0.29) is 0 Å². The molecular weight excluding hydrogens is 378 g/mol. The fraction of sp³-hybridized carbons (Fsp3) is 0.304. The number of aliphatic imine (C=N–C) groups is 1. The Kier molecular flexibility index (Phi) is 7.71. The van der Waals surface area contributed by atoms with Crippen molar-refractivity contribution in [1.29, 1.82) is 0 Å². The number of nitrogens with one attached hydrogen (secondary N) is 2. The first-order valence-electron chi connectivity index (χ1n) is 10.1. The van der Waals surface area contributed by atoms with Gasteiger partial charge in [0.25, 0.3) is 0 Å². The van der Waals surface area contributed by atoms with Crippen molar-refractivity contribution in [2.45, 2.75) is 19.9 Å². The van der Waals surface area contributed by atoms with Crippen molar-refractivity contribution in [2.75, 3.05) is 27.3 Å². The molecule has 0 spiro atoms. The molecule has 7 nitrogen and oxygen atoms in total. The van der Waals surface area contributed by atoms with E-state index < -0.39 is 0 Å². The smallest absolute Gasteiger partial charge is 0.191 e. The summed E-state index contributed by atoms with van der Waals surface area (Å²) >= 11 is 0. The molecule has 0 saturated heterocycles. The Morgan fingerprint density at radius 3 is 2.53 bits per heavy atom. The minimum absolute atomic E-state index is 0.505. The Balaban J connectivity index is 1.57. The Bertz CT molecular complexity index is 953. The molecule has 1 aromatic heterocycles. The number of rotatable bonds is 9. The van der Waals surface area contributed by atoms with Gasteiger partial charge in [0, 0.05) is 19.3 Å². The first-order chi connectivity index (χ1) is 14.7. The van der Waals surface area contributed by atoms with Crippen LogP contribution in [0.4, 0.5) is 0 Å². The maximum Gasteiger partial charge on any atom is 0.191 e. The maximum absolute atomic E-state index is 5.37. The van der Waals surface area contributed by atoms with Gasteiger partial charge in [-0.3, -0.25) is 0 Å². The van der Waals surface area contributed by atoms with Gasteiger partial charge in [-0.2, -0.15) is 5.10 Å².